The number of amides is 1. The summed E-state index contributed by atoms with van der Waals surface area (Å²) < 4.78 is 0. The van der Waals surface area contributed by atoms with Crippen LogP contribution in [0.25, 0.3) is 0 Å². The van der Waals surface area contributed by atoms with Crippen molar-refractivity contribution in [2.45, 2.75) is 39.0 Å². The number of rotatable bonds is 9. The van der Waals surface area contributed by atoms with Gasteiger partial charge in [0.2, 0.25) is 5.91 Å². The molecule has 2 aromatic rings. The lowest BCUT2D eigenvalue weighted by Gasteiger charge is -2.03. The van der Waals surface area contributed by atoms with Crippen LogP contribution < -0.4 is 5.32 Å². The SMILES string of the molecule is Cc1nnc(CCCCC(=N)/C=C\C(=N)NC(=O)Cc2cccnc2)s1. The van der Waals surface area contributed by atoms with Gasteiger partial charge in [0.25, 0.3) is 0 Å². The smallest absolute Gasteiger partial charge is 0.229 e. The molecule has 136 valence electrons. The van der Waals surface area contributed by atoms with Crippen molar-refractivity contribution in [2.75, 3.05) is 0 Å². The zero-order valence-electron chi connectivity index (χ0n) is 14.7. The minimum absolute atomic E-state index is 0.0204. The first-order valence-corrected chi connectivity index (χ1v) is 9.16. The average Bonchev–Trinajstić information content (AvgIpc) is 3.03. The predicted octanol–water partition coefficient (Wildman–Crippen LogP) is 2.87. The lowest BCUT2D eigenvalue weighted by Crippen LogP contribution is -2.29. The summed E-state index contributed by atoms with van der Waals surface area (Å²) in [5, 5.41) is 28.2. The van der Waals surface area contributed by atoms with Crippen molar-refractivity contribution in [3.05, 3.63) is 52.3 Å². The summed E-state index contributed by atoms with van der Waals surface area (Å²) in [5.74, 6) is -0.292. The van der Waals surface area contributed by atoms with Gasteiger partial charge < -0.3 is 10.7 Å². The van der Waals surface area contributed by atoms with Gasteiger partial charge in [0.05, 0.1) is 6.42 Å². The molecule has 0 radical (unpaired) electrons. The van der Waals surface area contributed by atoms with Crippen LogP contribution in [0, 0.1) is 17.7 Å². The Hall–Kier alpha value is -2.74. The molecule has 0 fully saturated rings. The van der Waals surface area contributed by atoms with E-state index in [1.54, 1.807) is 35.9 Å². The van der Waals surface area contributed by atoms with Crippen LogP contribution in [0.5, 0.6) is 0 Å². The Balaban J connectivity index is 1.63. The molecular formula is C18H22N6OS. The summed E-state index contributed by atoms with van der Waals surface area (Å²) in [6.07, 6.45) is 9.77. The van der Waals surface area contributed by atoms with E-state index in [4.69, 9.17) is 10.8 Å². The Kier molecular flexibility index (Phi) is 7.75. The first kappa shape index (κ1) is 19.6. The van der Waals surface area contributed by atoms with E-state index < -0.39 is 0 Å². The second-order valence-electron chi connectivity index (χ2n) is 5.78. The fourth-order valence-corrected chi connectivity index (χ4v) is 2.97. The zero-order chi connectivity index (χ0) is 18.8. The molecule has 2 heterocycles. The molecule has 8 heteroatoms. The van der Waals surface area contributed by atoms with Crippen molar-refractivity contribution in [2.24, 2.45) is 0 Å². The summed E-state index contributed by atoms with van der Waals surface area (Å²) in [6.45, 7) is 1.94. The van der Waals surface area contributed by atoms with E-state index in [1.165, 1.54) is 6.08 Å². The topological polar surface area (TPSA) is 115 Å². The van der Waals surface area contributed by atoms with Crippen LogP contribution in [0.1, 0.15) is 34.8 Å². The van der Waals surface area contributed by atoms with Crippen LogP contribution in [0.3, 0.4) is 0 Å². The standard InChI is InChI=1S/C18H22N6OS/c1-13-23-24-18(26-13)7-3-2-6-15(19)8-9-16(20)22-17(25)11-14-5-4-10-21-12-14/h4-5,8-10,12,19H,2-3,6-7,11H2,1H3,(H2,20,22,25)/b9-8-,19-15?. The molecular weight excluding hydrogens is 348 g/mol. The van der Waals surface area contributed by atoms with Crippen molar-refractivity contribution in [1.82, 2.24) is 20.5 Å². The Bertz CT molecular complexity index is 784. The quantitative estimate of drug-likeness (QED) is 0.357. The van der Waals surface area contributed by atoms with Gasteiger partial charge in [0.1, 0.15) is 15.9 Å². The molecule has 7 nitrogen and oxygen atoms in total. The van der Waals surface area contributed by atoms with Crippen LogP contribution in [0.15, 0.2) is 36.7 Å². The molecule has 26 heavy (non-hydrogen) atoms. The maximum atomic E-state index is 11.8. The van der Waals surface area contributed by atoms with Crippen molar-refractivity contribution in [1.29, 1.82) is 10.8 Å². The number of allylic oxidation sites excluding steroid dienone is 1. The van der Waals surface area contributed by atoms with Gasteiger partial charge in [-0.05, 0) is 50.0 Å². The molecule has 2 rings (SSSR count). The maximum Gasteiger partial charge on any atom is 0.229 e. The minimum Gasteiger partial charge on any atom is -0.311 e. The second-order valence-corrected chi connectivity index (χ2v) is 7.05. The van der Waals surface area contributed by atoms with E-state index in [1.807, 2.05) is 13.0 Å². The second kappa shape index (κ2) is 10.3. The van der Waals surface area contributed by atoms with Gasteiger partial charge in [0, 0.05) is 24.5 Å². The molecule has 0 unspecified atom stereocenters. The third-order valence-corrected chi connectivity index (χ3v) is 4.37. The fourth-order valence-electron chi connectivity index (χ4n) is 2.22. The van der Waals surface area contributed by atoms with E-state index in [9.17, 15) is 4.79 Å². The van der Waals surface area contributed by atoms with Crippen molar-refractivity contribution in [3.63, 3.8) is 0 Å². The van der Waals surface area contributed by atoms with Crippen LogP contribution >= 0.6 is 11.3 Å². The molecule has 0 bridgehead atoms. The Morgan fingerprint density at radius 2 is 2.12 bits per heavy atom. The molecule has 0 saturated carbocycles. The van der Waals surface area contributed by atoms with E-state index in [0.717, 1.165) is 34.8 Å². The summed E-state index contributed by atoms with van der Waals surface area (Å²) in [7, 11) is 0. The predicted molar refractivity (Wildman–Crippen MR) is 103 cm³/mol. The number of hydrogen-bond donors (Lipinski definition) is 3. The van der Waals surface area contributed by atoms with E-state index >= 15 is 0 Å². The molecule has 2 aromatic heterocycles. The first-order chi connectivity index (χ1) is 12.5. The summed E-state index contributed by atoms with van der Waals surface area (Å²) in [6, 6.07) is 3.58. The number of aryl methyl sites for hydroxylation is 2. The number of hydrogen-bond acceptors (Lipinski definition) is 7. The number of nitrogens with zero attached hydrogens (tertiary/aromatic N) is 3. The molecule has 3 N–H and O–H groups in total. The highest BCUT2D eigenvalue weighted by Gasteiger charge is 2.05. The van der Waals surface area contributed by atoms with Gasteiger partial charge in [-0.2, -0.15) is 0 Å². The number of aromatic nitrogens is 3. The van der Waals surface area contributed by atoms with E-state index in [-0.39, 0.29) is 18.2 Å². The van der Waals surface area contributed by atoms with Crippen molar-refractivity contribution < 1.29 is 4.79 Å². The number of amidine groups is 1. The highest BCUT2D eigenvalue weighted by Crippen LogP contribution is 2.12. The number of nitrogens with one attached hydrogen (secondary N) is 3. The average molecular weight is 370 g/mol. The van der Waals surface area contributed by atoms with Crippen LogP contribution in [-0.4, -0.2) is 32.6 Å². The Morgan fingerprint density at radius 3 is 2.81 bits per heavy atom. The molecule has 0 spiro atoms. The van der Waals surface area contributed by atoms with Gasteiger partial charge in [0.15, 0.2) is 0 Å². The number of unbranched alkanes of at least 4 members (excludes halogenated alkanes) is 1. The van der Waals surface area contributed by atoms with Crippen LogP contribution in [0.2, 0.25) is 0 Å². The van der Waals surface area contributed by atoms with E-state index in [0.29, 0.717) is 12.1 Å². The lowest BCUT2D eigenvalue weighted by molar-refractivity contribution is -0.119. The molecule has 0 aliphatic carbocycles. The Morgan fingerprint density at radius 1 is 1.27 bits per heavy atom. The largest absolute Gasteiger partial charge is 0.311 e. The number of carbonyl (C=O) groups is 1. The third-order valence-electron chi connectivity index (χ3n) is 3.47. The first-order valence-electron chi connectivity index (χ1n) is 8.34. The monoisotopic (exact) mass is 370 g/mol. The molecule has 0 atom stereocenters. The third kappa shape index (κ3) is 7.43. The van der Waals surface area contributed by atoms with Gasteiger partial charge >= 0.3 is 0 Å². The van der Waals surface area contributed by atoms with Gasteiger partial charge in [-0.25, -0.2) is 0 Å². The highest BCUT2D eigenvalue weighted by atomic mass is 32.1. The van der Waals surface area contributed by atoms with E-state index in [2.05, 4.69) is 20.5 Å². The maximum absolute atomic E-state index is 11.8. The van der Waals surface area contributed by atoms with Crippen LogP contribution in [-0.2, 0) is 17.6 Å². The molecule has 0 aliphatic rings. The number of carbonyl (C=O) groups excluding carboxylic acids is 1. The van der Waals surface area contributed by atoms with Gasteiger partial charge in [-0.3, -0.25) is 15.2 Å². The zero-order valence-corrected chi connectivity index (χ0v) is 15.5. The van der Waals surface area contributed by atoms with Crippen molar-refractivity contribution in [3.8, 4) is 0 Å². The lowest BCUT2D eigenvalue weighted by atomic mass is 10.1. The molecule has 0 aliphatic heterocycles. The highest BCUT2D eigenvalue weighted by molar-refractivity contribution is 7.11. The molecule has 0 aromatic carbocycles. The normalized spacial score (nSPS) is 10.8. The molecule has 0 saturated heterocycles. The summed E-state index contributed by atoms with van der Waals surface area (Å²) >= 11 is 1.60. The number of pyridine rings is 1. The van der Waals surface area contributed by atoms with Crippen molar-refractivity contribution >= 4 is 28.8 Å². The molecule has 1 amide bonds. The fraction of sp³-hybridized carbons (Fsp3) is 0.333. The van der Waals surface area contributed by atoms with Gasteiger partial charge in [-0.1, -0.05) is 6.07 Å². The summed E-state index contributed by atoms with van der Waals surface area (Å²) in [5.41, 5.74) is 1.23. The van der Waals surface area contributed by atoms with Gasteiger partial charge in [-0.15, -0.1) is 21.5 Å². The minimum atomic E-state index is -0.272. The summed E-state index contributed by atoms with van der Waals surface area (Å²) in [4.78, 5) is 15.8. The van der Waals surface area contributed by atoms with Crippen LogP contribution in [0.4, 0.5) is 0 Å². The Labute approximate surface area is 156 Å².